The highest BCUT2D eigenvalue weighted by molar-refractivity contribution is 6.27. The van der Waals surface area contributed by atoms with Gasteiger partial charge in [0.15, 0.2) is 0 Å². The molecule has 0 fully saturated rings. The van der Waals surface area contributed by atoms with E-state index in [-0.39, 0.29) is 0 Å². The summed E-state index contributed by atoms with van der Waals surface area (Å²) < 4.78 is 0. The van der Waals surface area contributed by atoms with E-state index in [0.29, 0.717) is 5.56 Å². The zero-order valence-corrected chi connectivity index (χ0v) is 10.4. The molecule has 0 saturated heterocycles. The highest BCUT2D eigenvalue weighted by atomic mass is 35.5. The van der Waals surface area contributed by atoms with Gasteiger partial charge in [-0.3, -0.25) is 0 Å². The molecule has 0 spiro atoms. The van der Waals surface area contributed by atoms with Crippen LogP contribution in [-0.2, 0) is 0 Å². The van der Waals surface area contributed by atoms with Gasteiger partial charge in [0.2, 0.25) is 0 Å². The number of aromatic carboxylic acids is 1. The highest BCUT2D eigenvalue weighted by Crippen LogP contribution is 2.00. The van der Waals surface area contributed by atoms with E-state index in [2.05, 4.69) is 0 Å². The molecule has 2 rings (SSSR count). The lowest BCUT2D eigenvalue weighted by molar-refractivity contribution is 0.0697. The molecule has 18 heavy (non-hydrogen) atoms. The van der Waals surface area contributed by atoms with Crippen LogP contribution in [0.4, 0.5) is 0 Å². The zero-order valence-electron chi connectivity index (χ0n) is 9.66. The monoisotopic (exact) mass is 260 g/mol. The smallest absolute Gasteiger partial charge is 0.335 e. The second kappa shape index (κ2) is 8.09. The molecule has 0 aliphatic carbocycles. The number of hydrogen-bond acceptors (Lipinski definition) is 1. The van der Waals surface area contributed by atoms with Crippen molar-refractivity contribution in [1.29, 1.82) is 0 Å². The summed E-state index contributed by atoms with van der Waals surface area (Å²) in [6, 6.07) is 18.2. The Balaban J connectivity index is 0.000000180. The standard InChI is InChI=1S/C8H7Cl.C7H6O2/c9-7-6-8-4-2-1-3-5-8;8-7(9)6-4-2-1-3-5-6/h1-7H;1-5H,(H,8,9). The third-order valence-corrected chi connectivity index (χ3v) is 2.20. The number of carbonyl (C=O) groups is 1. The first-order valence-electron chi connectivity index (χ1n) is 5.34. The normalized spacial score (nSPS) is 9.61. The van der Waals surface area contributed by atoms with E-state index in [1.165, 1.54) is 5.54 Å². The van der Waals surface area contributed by atoms with Crippen LogP contribution in [0.3, 0.4) is 0 Å². The molecule has 2 aromatic rings. The molecule has 0 aliphatic rings. The minimum atomic E-state index is -0.879. The fourth-order valence-electron chi connectivity index (χ4n) is 1.22. The average Bonchev–Trinajstić information content (AvgIpc) is 2.42. The maximum Gasteiger partial charge on any atom is 0.335 e. The zero-order chi connectivity index (χ0) is 13.2. The number of halogens is 1. The lowest BCUT2D eigenvalue weighted by atomic mass is 10.2. The van der Waals surface area contributed by atoms with Crippen molar-refractivity contribution in [3.05, 3.63) is 77.3 Å². The topological polar surface area (TPSA) is 37.3 Å². The maximum absolute atomic E-state index is 10.2. The van der Waals surface area contributed by atoms with Gasteiger partial charge >= 0.3 is 5.97 Å². The summed E-state index contributed by atoms with van der Waals surface area (Å²) in [6.45, 7) is 0. The summed E-state index contributed by atoms with van der Waals surface area (Å²) in [5.41, 5.74) is 2.97. The molecular formula is C15H13ClO2. The Labute approximate surface area is 111 Å². The van der Waals surface area contributed by atoms with Crippen molar-refractivity contribution < 1.29 is 9.90 Å². The van der Waals surface area contributed by atoms with Crippen LogP contribution >= 0.6 is 11.6 Å². The van der Waals surface area contributed by atoms with Gasteiger partial charge in [-0.25, -0.2) is 4.79 Å². The van der Waals surface area contributed by atoms with Crippen LogP contribution in [0.1, 0.15) is 15.9 Å². The van der Waals surface area contributed by atoms with E-state index in [9.17, 15) is 4.79 Å². The lowest BCUT2D eigenvalue weighted by Crippen LogP contribution is -1.93. The Morgan fingerprint density at radius 1 is 0.944 bits per heavy atom. The molecule has 0 aliphatic heterocycles. The van der Waals surface area contributed by atoms with Crippen LogP contribution in [0.15, 0.2) is 66.2 Å². The predicted molar refractivity (Wildman–Crippen MR) is 74.7 cm³/mol. The maximum atomic E-state index is 10.2. The number of rotatable bonds is 2. The van der Waals surface area contributed by atoms with Crippen molar-refractivity contribution in [3.63, 3.8) is 0 Å². The van der Waals surface area contributed by atoms with Gasteiger partial charge < -0.3 is 5.11 Å². The van der Waals surface area contributed by atoms with E-state index in [1.54, 1.807) is 30.3 Å². The van der Waals surface area contributed by atoms with Gasteiger partial charge in [0.25, 0.3) is 0 Å². The lowest BCUT2D eigenvalue weighted by Gasteiger charge is -1.88. The van der Waals surface area contributed by atoms with Crippen LogP contribution in [0.5, 0.6) is 0 Å². The van der Waals surface area contributed by atoms with Crippen molar-refractivity contribution >= 4 is 23.6 Å². The molecule has 0 saturated carbocycles. The van der Waals surface area contributed by atoms with Crippen LogP contribution < -0.4 is 0 Å². The van der Waals surface area contributed by atoms with E-state index in [0.717, 1.165) is 5.56 Å². The Kier molecular flexibility index (Phi) is 6.30. The molecule has 2 aromatic carbocycles. The Morgan fingerprint density at radius 2 is 1.44 bits per heavy atom. The summed E-state index contributed by atoms with van der Waals surface area (Å²) in [7, 11) is 0. The van der Waals surface area contributed by atoms with Gasteiger partial charge in [0, 0.05) is 5.54 Å². The third kappa shape index (κ3) is 5.32. The van der Waals surface area contributed by atoms with Gasteiger partial charge in [0.1, 0.15) is 0 Å². The second-order valence-electron chi connectivity index (χ2n) is 3.37. The van der Waals surface area contributed by atoms with E-state index in [4.69, 9.17) is 16.7 Å². The Morgan fingerprint density at radius 3 is 1.83 bits per heavy atom. The minimum absolute atomic E-state index is 0.331. The molecule has 0 radical (unpaired) electrons. The SMILES string of the molecule is ClC=Cc1ccccc1.O=C(O)c1ccccc1. The van der Waals surface area contributed by atoms with Crippen LogP contribution in [0.2, 0.25) is 0 Å². The third-order valence-electron chi connectivity index (χ3n) is 2.08. The van der Waals surface area contributed by atoms with Gasteiger partial charge in [-0.1, -0.05) is 60.1 Å². The van der Waals surface area contributed by atoms with Crippen molar-refractivity contribution in [2.75, 3.05) is 0 Å². The van der Waals surface area contributed by atoms with E-state index in [1.807, 2.05) is 36.4 Å². The predicted octanol–water partition coefficient (Wildman–Crippen LogP) is 4.28. The molecule has 0 heterocycles. The number of benzene rings is 2. The number of carboxylic acids is 1. The molecule has 92 valence electrons. The molecule has 2 nitrogen and oxygen atoms in total. The summed E-state index contributed by atoms with van der Waals surface area (Å²) in [5, 5.41) is 8.38. The summed E-state index contributed by atoms with van der Waals surface area (Å²) in [4.78, 5) is 10.2. The Bertz CT molecular complexity index is 492. The molecule has 0 amide bonds. The van der Waals surface area contributed by atoms with Crippen LogP contribution in [0.25, 0.3) is 6.08 Å². The summed E-state index contributed by atoms with van der Waals surface area (Å²) in [6.07, 6.45) is 1.85. The quantitative estimate of drug-likeness (QED) is 0.875. The van der Waals surface area contributed by atoms with Gasteiger partial charge in [-0.2, -0.15) is 0 Å². The number of carboxylic acid groups (broad SMARTS) is 1. The fraction of sp³-hybridized carbons (Fsp3) is 0. The Hall–Kier alpha value is -2.06. The van der Waals surface area contributed by atoms with Gasteiger partial charge in [-0.05, 0) is 23.8 Å². The largest absolute Gasteiger partial charge is 0.478 e. The van der Waals surface area contributed by atoms with Crippen molar-refractivity contribution in [2.45, 2.75) is 0 Å². The average molecular weight is 261 g/mol. The van der Waals surface area contributed by atoms with Gasteiger partial charge in [0.05, 0.1) is 5.56 Å². The van der Waals surface area contributed by atoms with Crippen molar-refractivity contribution in [3.8, 4) is 0 Å². The molecular weight excluding hydrogens is 248 g/mol. The molecule has 0 aromatic heterocycles. The first kappa shape index (κ1) is 14.0. The van der Waals surface area contributed by atoms with Crippen molar-refractivity contribution in [1.82, 2.24) is 0 Å². The van der Waals surface area contributed by atoms with Crippen LogP contribution in [0, 0.1) is 0 Å². The minimum Gasteiger partial charge on any atom is -0.478 e. The molecule has 0 atom stereocenters. The molecule has 1 N–H and O–H groups in total. The van der Waals surface area contributed by atoms with Gasteiger partial charge in [-0.15, -0.1) is 0 Å². The van der Waals surface area contributed by atoms with E-state index >= 15 is 0 Å². The highest BCUT2D eigenvalue weighted by Gasteiger charge is 1.96. The molecule has 0 bridgehead atoms. The van der Waals surface area contributed by atoms with E-state index < -0.39 is 5.97 Å². The number of hydrogen-bond donors (Lipinski definition) is 1. The summed E-state index contributed by atoms with van der Waals surface area (Å²) in [5.74, 6) is -0.879. The molecule has 3 heteroatoms. The first-order chi connectivity index (χ1) is 8.74. The fourth-order valence-corrected chi connectivity index (χ4v) is 1.36. The second-order valence-corrected chi connectivity index (χ2v) is 3.63. The first-order valence-corrected chi connectivity index (χ1v) is 5.78. The molecule has 0 unspecified atom stereocenters. The van der Waals surface area contributed by atoms with Crippen LogP contribution in [-0.4, -0.2) is 11.1 Å². The van der Waals surface area contributed by atoms with Crippen molar-refractivity contribution in [2.24, 2.45) is 0 Å². The summed E-state index contributed by atoms with van der Waals surface area (Å²) >= 11 is 5.36.